The van der Waals surface area contributed by atoms with Gasteiger partial charge < -0.3 is 9.47 Å². The van der Waals surface area contributed by atoms with Crippen molar-refractivity contribution in [2.45, 2.75) is 25.4 Å². The molecule has 4 nitrogen and oxygen atoms in total. The second kappa shape index (κ2) is 6.13. The van der Waals surface area contributed by atoms with E-state index in [0.717, 1.165) is 18.4 Å². The van der Waals surface area contributed by atoms with Crippen LogP contribution >= 0.6 is 0 Å². The third kappa shape index (κ3) is 2.93. The van der Waals surface area contributed by atoms with Gasteiger partial charge in [-0.05, 0) is 36.6 Å². The maximum atomic E-state index is 13.0. The summed E-state index contributed by atoms with van der Waals surface area (Å²) in [6, 6.07) is 11.1. The molecule has 1 atom stereocenters. The van der Waals surface area contributed by atoms with Gasteiger partial charge in [0.05, 0.1) is 6.04 Å². The van der Waals surface area contributed by atoms with Crippen LogP contribution in [0, 0.1) is 5.82 Å². The number of benzene rings is 1. The average Bonchev–Trinajstić information content (AvgIpc) is 3.00. The van der Waals surface area contributed by atoms with Gasteiger partial charge in [-0.1, -0.05) is 18.2 Å². The molecule has 1 saturated heterocycles. The van der Waals surface area contributed by atoms with Crippen LogP contribution in [0.5, 0.6) is 0 Å². The highest BCUT2D eigenvalue weighted by molar-refractivity contribution is 5.76. The first-order valence-corrected chi connectivity index (χ1v) is 7.35. The number of pyridine rings is 1. The monoisotopic (exact) mass is 300 g/mol. The molecule has 1 aromatic heterocycles. The molecule has 2 aromatic rings. The van der Waals surface area contributed by atoms with E-state index in [9.17, 15) is 14.0 Å². The molecule has 0 saturated carbocycles. The zero-order valence-electron chi connectivity index (χ0n) is 12.1. The minimum Gasteiger partial charge on any atom is -0.334 e. The zero-order valence-corrected chi connectivity index (χ0v) is 12.1. The van der Waals surface area contributed by atoms with E-state index in [4.69, 9.17) is 0 Å². The molecular formula is C17H17FN2O2. The van der Waals surface area contributed by atoms with Crippen LogP contribution in [0.3, 0.4) is 0 Å². The molecule has 0 bridgehead atoms. The molecule has 1 unspecified atom stereocenters. The lowest BCUT2D eigenvalue weighted by Crippen LogP contribution is -2.35. The van der Waals surface area contributed by atoms with Crippen LogP contribution < -0.4 is 5.56 Å². The fraction of sp³-hybridized carbons (Fsp3) is 0.294. The zero-order chi connectivity index (χ0) is 15.5. The molecule has 0 N–H and O–H groups in total. The second-order valence-corrected chi connectivity index (χ2v) is 5.46. The molecule has 1 fully saturated rings. The Hall–Kier alpha value is -2.43. The molecule has 0 aliphatic carbocycles. The summed E-state index contributed by atoms with van der Waals surface area (Å²) in [5.74, 6) is -0.365. The normalized spacial score (nSPS) is 17.7. The summed E-state index contributed by atoms with van der Waals surface area (Å²) in [5, 5.41) is 0. The van der Waals surface area contributed by atoms with E-state index in [-0.39, 0.29) is 29.9 Å². The minimum atomic E-state index is -0.282. The van der Waals surface area contributed by atoms with Crippen LogP contribution in [-0.2, 0) is 11.3 Å². The number of likely N-dealkylation sites (tertiary alicyclic amines) is 1. The highest BCUT2D eigenvalue weighted by atomic mass is 19.1. The van der Waals surface area contributed by atoms with Gasteiger partial charge in [-0.15, -0.1) is 0 Å². The van der Waals surface area contributed by atoms with E-state index in [0.29, 0.717) is 6.54 Å². The topological polar surface area (TPSA) is 42.3 Å². The number of rotatable bonds is 3. The van der Waals surface area contributed by atoms with E-state index in [1.807, 2.05) is 0 Å². The van der Waals surface area contributed by atoms with Crippen LogP contribution in [0.1, 0.15) is 24.4 Å². The molecule has 0 radical (unpaired) electrons. The number of carbonyl (C=O) groups excluding carboxylic acids is 1. The van der Waals surface area contributed by atoms with Crippen molar-refractivity contribution in [1.82, 2.24) is 9.47 Å². The maximum absolute atomic E-state index is 13.0. The van der Waals surface area contributed by atoms with E-state index >= 15 is 0 Å². The molecule has 2 heterocycles. The predicted octanol–water partition coefficient (Wildman–Crippen LogP) is 2.35. The Morgan fingerprint density at radius 1 is 1.18 bits per heavy atom. The lowest BCUT2D eigenvalue weighted by Gasteiger charge is -2.25. The first-order chi connectivity index (χ1) is 10.6. The Balaban J connectivity index is 1.78. The largest absolute Gasteiger partial charge is 0.334 e. The highest BCUT2D eigenvalue weighted by Crippen LogP contribution is 2.32. The Morgan fingerprint density at radius 2 is 1.95 bits per heavy atom. The van der Waals surface area contributed by atoms with Gasteiger partial charge in [-0.3, -0.25) is 9.59 Å². The van der Waals surface area contributed by atoms with Crippen molar-refractivity contribution in [2.75, 3.05) is 6.54 Å². The summed E-state index contributed by atoms with van der Waals surface area (Å²) in [4.78, 5) is 26.0. The second-order valence-electron chi connectivity index (χ2n) is 5.46. The maximum Gasteiger partial charge on any atom is 0.250 e. The molecule has 3 rings (SSSR count). The fourth-order valence-electron chi connectivity index (χ4n) is 2.92. The summed E-state index contributed by atoms with van der Waals surface area (Å²) in [5.41, 5.74) is 0.751. The van der Waals surface area contributed by atoms with Gasteiger partial charge in [0.25, 0.3) is 5.56 Å². The number of hydrogen-bond donors (Lipinski definition) is 0. The lowest BCUT2D eigenvalue weighted by atomic mass is 10.0. The summed E-state index contributed by atoms with van der Waals surface area (Å²) in [6.07, 6.45) is 3.39. The van der Waals surface area contributed by atoms with Crippen molar-refractivity contribution in [1.29, 1.82) is 0 Å². The van der Waals surface area contributed by atoms with E-state index in [2.05, 4.69) is 0 Å². The number of aromatic nitrogens is 1. The van der Waals surface area contributed by atoms with Crippen molar-refractivity contribution >= 4 is 5.91 Å². The summed E-state index contributed by atoms with van der Waals surface area (Å²) < 4.78 is 14.4. The quantitative estimate of drug-likeness (QED) is 0.873. The molecule has 5 heteroatoms. The molecule has 1 aromatic carbocycles. The summed E-state index contributed by atoms with van der Waals surface area (Å²) in [6.45, 7) is 0.708. The first kappa shape index (κ1) is 14.5. The minimum absolute atomic E-state index is 0.0347. The summed E-state index contributed by atoms with van der Waals surface area (Å²) >= 11 is 0. The van der Waals surface area contributed by atoms with Crippen LogP contribution in [0.2, 0.25) is 0 Å². The molecule has 22 heavy (non-hydrogen) atoms. The number of nitrogens with zero attached hydrogens (tertiary/aromatic N) is 2. The molecule has 1 aliphatic rings. The number of halogens is 1. The van der Waals surface area contributed by atoms with E-state index in [1.165, 1.54) is 22.8 Å². The van der Waals surface area contributed by atoms with Crippen LogP contribution in [0.25, 0.3) is 0 Å². The van der Waals surface area contributed by atoms with Gasteiger partial charge in [-0.2, -0.15) is 0 Å². The van der Waals surface area contributed by atoms with Crippen molar-refractivity contribution in [2.24, 2.45) is 0 Å². The standard InChI is InChI=1S/C17H17FN2O2/c18-14-8-6-13(7-9-14)15-4-3-11-20(15)17(22)12-19-10-2-1-5-16(19)21/h1-2,5-10,15H,3-4,11-12H2. The van der Waals surface area contributed by atoms with Crippen LogP contribution in [-0.4, -0.2) is 21.9 Å². The lowest BCUT2D eigenvalue weighted by molar-refractivity contribution is -0.132. The SMILES string of the molecule is O=C(Cn1ccccc1=O)N1CCCC1c1ccc(F)cc1. The van der Waals surface area contributed by atoms with Gasteiger partial charge in [0.15, 0.2) is 0 Å². The van der Waals surface area contributed by atoms with Gasteiger partial charge in [0.2, 0.25) is 5.91 Å². The molecule has 1 aliphatic heterocycles. The van der Waals surface area contributed by atoms with Crippen molar-refractivity contribution in [3.63, 3.8) is 0 Å². The fourth-order valence-corrected chi connectivity index (χ4v) is 2.92. The third-order valence-corrected chi connectivity index (χ3v) is 4.03. The molecule has 0 spiro atoms. The van der Waals surface area contributed by atoms with Gasteiger partial charge in [-0.25, -0.2) is 4.39 Å². The van der Waals surface area contributed by atoms with Crippen LogP contribution in [0.4, 0.5) is 4.39 Å². The molecule has 114 valence electrons. The van der Waals surface area contributed by atoms with Crippen molar-refractivity contribution in [3.05, 3.63) is 70.4 Å². The van der Waals surface area contributed by atoms with Crippen molar-refractivity contribution in [3.8, 4) is 0 Å². The number of amides is 1. The smallest absolute Gasteiger partial charge is 0.250 e. The summed E-state index contributed by atoms with van der Waals surface area (Å²) in [7, 11) is 0. The van der Waals surface area contributed by atoms with E-state index < -0.39 is 0 Å². The van der Waals surface area contributed by atoms with Gasteiger partial charge >= 0.3 is 0 Å². The Bertz CT molecular complexity index is 724. The Labute approximate surface area is 127 Å². The van der Waals surface area contributed by atoms with Crippen LogP contribution in [0.15, 0.2) is 53.5 Å². The molecule has 1 amide bonds. The predicted molar refractivity (Wildman–Crippen MR) is 80.8 cm³/mol. The number of carbonyl (C=O) groups is 1. The van der Waals surface area contributed by atoms with Crippen molar-refractivity contribution < 1.29 is 9.18 Å². The van der Waals surface area contributed by atoms with Gasteiger partial charge in [0, 0.05) is 18.8 Å². The highest BCUT2D eigenvalue weighted by Gasteiger charge is 2.29. The van der Waals surface area contributed by atoms with Gasteiger partial charge in [0.1, 0.15) is 12.4 Å². The number of hydrogen-bond acceptors (Lipinski definition) is 2. The Morgan fingerprint density at radius 3 is 2.68 bits per heavy atom. The first-order valence-electron chi connectivity index (χ1n) is 7.35. The van der Waals surface area contributed by atoms with E-state index in [1.54, 1.807) is 35.4 Å². The third-order valence-electron chi connectivity index (χ3n) is 4.03. The Kier molecular flexibility index (Phi) is 4.04. The molecular weight excluding hydrogens is 283 g/mol. The average molecular weight is 300 g/mol.